The molecule has 0 aliphatic heterocycles. The van der Waals surface area contributed by atoms with Crippen molar-refractivity contribution in [2.24, 2.45) is 11.8 Å². The first-order valence-electron chi connectivity index (χ1n) is 13.7. The molecule has 0 saturated heterocycles. The fourth-order valence-corrected chi connectivity index (χ4v) is 5.41. The Morgan fingerprint density at radius 3 is 2.16 bits per heavy atom. The van der Waals surface area contributed by atoms with Gasteiger partial charge in [-0.1, -0.05) is 76.8 Å². The minimum atomic E-state index is -5.14. The van der Waals surface area contributed by atoms with Gasteiger partial charge in [0.15, 0.2) is 0 Å². The molecular weight excluding hydrogens is 502 g/mol. The third kappa shape index (κ3) is 7.57. The number of alkyl halides is 5. The maximum absolute atomic E-state index is 14.9. The van der Waals surface area contributed by atoms with Crippen molar-refractivity contribution in [2.75, 3.05) is 0 Å². The molecule has 0 aromatic heterocycles. The summed E-state index contributed by atoms with van der Waals surface area (Å²) in [7, 11) is 0. The van der Waals surface area contributed by atoms with Crippen LogP contribution in [0.4, 0.5) is 26.3 Å². The van der Waals surface area contributed by atoms with Gasteiger partial charge in [0.05, 0.1) is 5.56 Å². The lowest BCUT2D eigenvalue weighted by molar-refractivity contribution is -0.188. The number of rotatable bonds is 11. The van der Waals surface area contributed by atoms with Crippen LogP contribution in [0.3, 0.4) is 0 Å². The Morgan fingerprint density at radius 1 is 0.921 bits per heavy atom. The Morgan fingerprint density at radius 2 is 1.58 bits per heavy atom. The predicted octanol–water partition coefficient (Wildman–Crippen LogP) is 10.9. The lowest BCUT2D eigenvalue weighted by Gasteiger charge is -2.32. The Kier molecular flexibility index (Phi) is 10.4. The Labute approximate surface area is 222 Å². The highest BCUT2D eigenvalue weighted by Crippen LogP contribution is 2.43. The highest BCUT2D eigenvalue weighted by molar-refractivity contribution is 5.56. The molecule has 1 saturated carbocycles. The van der Waals surface area contributed by atoms with Crippen LogP contribution in [0.15, 0.2) is 42.5 Å². The van der Waals surface area contributed by atoms with Gasteiger partial charge in [0.2, 0.25) is 0 Å². The van der Waals surface area contributed by atoms with Crippen molar-refractivity contribution >= 4 is 6.08 Å². The van der Waals surface area contributed by atoms with E-state index in [1.165, 1.54) is 37.5 Å². The molecule has 38 heavy (non-hydrogen) atoms. The number of unbranched alkanes of at least 4 members (excludes halogenated alkanes) is 2. The molecular formula is C31H38F6O. The van der Waals surface area contributed by atoms with Crippen molar-refractivity contribution in [2.45, 2.75) is 96.8 Å². The van der Waals surface area contributed by atoms with Gasteiger partial charge in [-0.2, -0.15) is 22.0 Å². The fraction of sp³-hybridized carbons (Fsp3) is 0.548. The van der Waals surface area contributed by atoms with Crippen LogP contribution in [0.5, 0.6) is 5.75 Å². The summed E-state index contributed by atoms with van der Waals surface area (Å²) < 4.78 is 90.3. The first kappa shape index (κ1) is 30.1. The second-order valence-corrected chi connectivity index (χ2v) is 10.5. The Bertz CT molecular complexity index is 1050. The van der Waals surface area contributed by atoms with Crippen molar-refractivity contribution in [1.29, 1.82) is 0 Å². The molecule has 0 spiro atoms. The van der Waals surface area contributed by atoms with Gasteiger partial charge >= 0.3 is 12.3 Å². The minimum Gasteiger partial charge on any atom is -0.429 e. The van der Waals surface area contributed by atoms with E-state index in [0.717, 1.165) is 43.4 Å². The van der Waals surface area contributed by atoms with E-state index in [-0.39, 0.29) is 5.75 Å². The van der Waals surface area contributed by atoms with Gasteiger partial charge in [0, 0.05) is 0 Å². The van der Waals surface area contributed by atoms with Gasteiger partial charge in [-0.15, -0.1) is 0 Å². The van der Waals surface area contributed by atoms with E-state index in [0.29, 0.717) is 36.7 Å². The number of benzene rings is 2. The maximum atomic E-state index is 14.9. The van der Waals surface area contributed by atoms with Gasteiger partial charge in [-0.05, 0) is 79.2 Å². The molecule has 210 valence electrons. The fourth-order valence-electron chi connectivity index (χ4n) is 5.41. The van der Waals surface area contributed by atoms with Gasteiger partial charge in [0.1, 0.15) is 17.1 Å². The number of allylic oxidation sites excluding steroid dienone is 1. The Balaban J connectivity index is 1.72. The topological polar surface area (TPSA) is 9.23 Å². The summed E-state index contributed by atoms with van der Waals surface area (Å²) in [6, 6.07) is 7.71. The number of hydrogen-bond acceptors (Lipinski definition) is 1. The molecule has 1 aliphatic rings. The van der Waals surface area contributed by atoms with E-state index in [1.807, 2.05) is 6.92 Å². The molecule has 0 N–H and O–H groups in total. The molecule has 0 radical (unpaired) electrons. The molecule has 2 aromatic rings. The predicted molar refractivity (Wildman–Crippen MR) is 140 cm³/mol. The molecule has 3 rings (SSSR count). The molecule has 1 nitrogen and oxygen atoms in total. The van der Waals surface area contributed by atoms with E-state index in [2.05, 4.69) is 13.8 Å². The quantitative estimate of drug-likeness (QED) is 0.258. The van der Waals surface area contributed by atoms with E-state index in [9.17, 15) is 26.3 Å². The summed E-state index contributed by atoms with van der Waals surface area (Å²) in [5.41, 5.74) is -2.64. The molecule has 0 heterocycles. The molecule has 2 aromatic carbocycles. The maximum Gasteiger partial charge on any atom is 0.429 e. The van der Waals surface area contributed by atoms with Crippen molar-refractivity contribution in [3.05, 3.63) is 70.5 Å². The monoisotopic (exact) mass is 540 g/mol. The number of halogens is 6. The molecule has 1 fully saturated rings. The highest BCUT2D eigenvalue weighted by atomic mass is 19.4. The zero-order valence-corrected chi connectivity index (χ0v) is 22.4. The van der Waals surface area contributed by atoms with Crippen LogP contribution in [0, 0.1) is 17.7 Å². The summed E-state index contributed by atoms with van der Waals surface area (Å²) in [5, 5.41) is 0. The zero-order chi connectivity index (χ0) is 27.9. The normalized spacial score (nSPS) is 19.6. The van der Waals surface area contributed by atoms with Gasteiger partial charge in [-0.25, -0.2) is 4.39 Å². The second-order valence-electron chi connectivity index (χ2n) is 10.5. The van der Waals surface area contributed by atoms with Crippen molar-refractivity contribution in [3.63, 3.8) is 0 Å². The van der Waals surface area contributed by atoms with Gasteiger partial charge in [0.25, 0.3) is 0 Å². The first-order chi connectivity index (χ1) is 18.0. The Hall–Kier alpha value is -2.44. The SMILES string of the molecule is CCC/C=C/c1ccc(C(F)(F)Oc2ccc(C3CCC(C(C)CCCC)CC3)cc2)c(F)c1C(F)(F)F. The molecule has 1 aliphatic carbocycles. The van der Waals surface area contributed by atoms with Crippen LogP contribution >= 0.6 is 0 Å². The third-order valence-electron chi connectivity index (χ3n) is 7.71. The van der Waals surface area contributed by atoms with Crippen molar-refractivity contribution < 1.29 is 31.1 Å². The number of hydrogen-bond donors (Lipinski definition) is 0. The molecule has 1 unspecified atom stereocenters. The number of ether oxygens (including phenoxy) is 1. The van der Waals surface area contributed by atoms with E-state index in [1.54, 1.807) is 12.1 Å². The van der Waals surface area contributed by atoms with Crippen molar-refractivity contribution in [3.8, 4) is 5.75 Å². The summed E-state index contributed by atoms with van der Waals surface area (Å²) >= 11 is 0. The average Bonchev–Trinajstić information content (AvgIpc) is 2.87. The van der Waals surface area contributed by atoms with Gasteiger partial charge in [-0.3, -0.25) is 0 Å². The lowest BCUT2D eigenvalue weighted by atomic mass is 9.73. The molecule has 0 bridgehead atoms. The molecule has 1 atom stereocenters. The smallest absolute Gasteiger partial charge is 0.429 e. The van der Waals surface area contributed by atoms with E-state index in [4.69, 9.17) is 4.74 Å². The largest absolute Gasteiger partial charge is 0.429 e. The highest BCUT2D eigenvalue weighted by Gasteiger charge is 2.44. The van der Waals surface area contributed by atoms with Crippen LogP contribution in [-0.4, -0.2) is 0 Å². The van der Waals surface area contributed by atoms with Gasteiger partial charge < -0.3 is 4.74 Å². The lowest BCUT2D eigenvalue weighted by Crippen LogP contribution is -2.25. The van der Waals surface area contributed by atoms with Crippen LogP contribution < -0.4 is 4.74 Å². The van der Waals surface area contributed by atoms with Crippen molar-refractivity contribution in [1.82, 2.24) is 0 Å². The third-order valence-corrected chi connectivity index (χ3v) is 7.71. The van der Waals surface area contributed by atoms with Crippen LogP contribution in [0.1, 0.15) is 107 Å². The summed E-state index contributed by atoms with van der Waals surface area (Å²) in [6.07, 6.45) is 2.32. The molecule has 7 heteroatoms. The van der Waals surface area contributed by atoms with E-state index >= 15 is 0 Å². The standard InChI is InChI=1S/C31H38F6O/c1-4-6-8-10-25-17-20-27(29(32)28(25)30(33,34)35)31(36,37)38-26-18-15-24(16-19-26)23-13-11-22(12-14-23)21(3)9-7-5-2/h8,10,15-23H,4-7,9,11-14H2,1-3H3/b10-8+. The summed E-state index contributed by atoms with van der Waals surface area (Å²) in [4.78, 5) is 0. The second kappa shape index (κ2) is 13.1. The summed E-state index contributed by atoms with van der Waals surface area (Å²) in [6.45, 7) is 6.36. The van der Waals surface area contributed by atoms with Crippen LogP contribution in [0.25, 0.3) is 6.08 Å². The summed E-state index contributed by atoms with van der Waals surface area (Å²) in [5.74, 6) is -0.514. The van der Waals surface area contributed by atoms with Crippen LogP contribution in [-0.2, 0) is 12.3 Å². The first-order valence-corrected chi connectivity index (χ1v) is 13.7. The van der Waals surface area contributed by atoms with E-state index < -0.39 is 34.8 Å². The minimum absolute atomic E-state index is 0.236. The zero-order valence-electron chi connectivity index (χ0n) is 22.4. The molecule has 0 amide bonds. The van der Waals surface area contributed by atoms with Crippen LogP contribution in [0.2, 0.25) is 0 Å². The average molecular weight is 541 g/mol.